The van der Waals surface area contributed by atoms with E-state index in [0.717, 1.165) is 6.07 Å². The maximum atomic E-state index is 13.6. The van der Waals surface area contributed by atoms with Crippen molar-refractivity contribution in [2.75, 3.05) is 6.54 Å². The summed E-state index contributed by atoms with van der Waals surface area (Å²) in [6.07, 6.45) is 0. The normalized spacial score (nSPS) is 12.5. The molecule has 0 spiro atoms. The van der Waals surface area contributed by atoms with Gasteiger partial charge in [-0.3, -0.25) is 10.1 Å². The Morgan fingerprint density at radius 3 is 2.38 bits per heavy atom. The molecule has 7 nitrogen and oxygen atoms in total. The lowest BCUT2D eigenvalue weighted by molar-refractivity contribution is -0.388. The van der Waals surface area contributed by atoms with Crippen molar-refractivity contribution in [3.05, 3.63) is 33.1 Å². The molecule has 0 aliphatic rings. The van der Waals surface area contributed by atoms with E-state index in [9.17, 15) is 28.0 Å². The Morgan fingerprint density at radius 1 is 1.43 bits per heavy atom. The number of aliphatic hydroxyl groups is 1. The molecule has 9 heteroatoms. The highest BCUT2D eigenvalue weighted by molar-refractivity contribution is 7.89. The van der Waals surface area contributed by atoms with Crippen LogP contribution in [0, 0.1) is 29.8 Å². The molecule has 0 fully saturated rings. The number of nitro benzene ring substituents is 1. The highest BCUT2D eigenvalue weighted by atomic mass is 32.2. The summed E-state index contributed by atoms with van der Waals surface area (Å²) in [7, 11) is -4.11. The summed E-state index contributed by atoms with van der Waals surface area (Å²) < 4.78 is 40.2. The predicted octanol–water partition coefficient (Wildman–Crippen LogP) is 1.40. The van der Waals surface area contributed by atoms with Crippen molar-refractivity contribution < 1.29 is 22.8 Å². The van der Waals surface area contributed by atoms with Crippen LogP contribution in [-0.2, 0) is 10.0 Å². The topological polar surface area (TPSA) is 110 Å². The van der Waals surface area contributed by atoms with Gasteiger partial charge in [0, 0.05) is 6.54 Å². The lowest BCUT2D eigenvalue weighted by Crippen LogP contribution is -2.38. The molecule has 1 rings (SSSR count). The molecule has 0 aromatic heterocycles. The minimum Gasteiger partial charge on any atom is -0.389 e. The van der Waals surface area contributed by atoms with Crippen LogP contribution in [0.5, 0.6) is 0 Å². The molecule has 0 aliphatic carbocycles. The van der Waals surface area contributed by atoms with E-state index in [1.165, 1.54) is 27.7 Å². The molecule has 0 aliphatic heterocycles. The number of hydrogen-bond donors (Lipinski definition) is 2. The molecule has 2 N–H and O–H groups in total. The van der Waals surface area contributed by atoms with Crippen molar-refractivity contribution in [3.63, 3.8) is 0 Å². The molecule has 0 atom stereocenters. The van der Waals surface area contributed by atoms with Gasteiger partial charge in [-0.05, 0) is 39.3 Å². The van der Waals surface area contributed by atoms with E-state index >= 15 is 0 Å². The minimum absolute atomic E-state index is 0.0545. The number of halogens is 1. The molecule has 0 radical (unpaired) electrons. The smallest absolute Gasteiger partial charge is 0.309 e. The Balaban J connectivity index is 3.43. The van der Waals surface area contributed by atoms with E-state index in [0.29, 0.717) is 0 Å². The monoisotopic (exact) mass is 320 g/mol. The van der Waals surface area contributed by atoms with Crippen molar-refractivity contribution >= 4 is 15.7 Å². The molecule has 0 heterocycles. The van der Waals surface area contributed by atoms with Gasteiger partial charge < -0.3 is 5.11 Å². The molecular formula is C12H17FN2O5S. The fourth-order valence-corrected chi connectivity index (χ4v) is 3.56. The van der Waals surface area contributed by atoms with Crippen LogP contribution >= 0.6 is 0 Å². The maximum absolute atomic E-state index is 13.6. The van der Waals surface area contributed by atoms with Crippen LogP contribution in [0.15, 0.2) is 11.0 Å². The fraction of sp³-hybridized carbons (Fsp3) is 0.500. The SMILES string of the molecule is Cc1cc(F)c([N+](=O)[O-])c(C)c1S(=O)(=O)NCC(C)(C)O. The predicted molar refractivity (Wildman–Crippen MR) is 74.0 cm³/mol. The van der Waals surface area contributed by atoms with Gasteiger partial charge in [0.15, 0.2) is 0 Å². The first-order valence-electron chi connectivity index (χ1n) is 6.03. The third-order valence-corrected chi connectivity index (χ3v) is 4.46. The molecule has 21 heavy (non-hydrogen) atoms. The number of rotatable bonds is 5. The van der Waals surface area contributed by atoms with Gasteiger partial charge in [0.1, 0.15) is 0 Å². The third kappa shape index (κ3) is 3.96. The van der Waals surface area contributed by atoms with Gasteiger partial charge >= 0.3 is 5.69 Å². The largest absolute Gasteiger partial charge is 0.389 e. The summed E-state index contributed by atoms with van der Waals surface area (Å²) in [6, 6.07) is 0.809. The van der Waals surface area contributed by atoms with Crippen molar-refractivity contribution in [1.82, 2.24) is 4.72 Å². The quantitative estimate of drug-likeness (QED) is 0.629. The summed E-state index contributed by atoms with van der Waals surface area (Å²) in [5.74, 6) is -1.09. The minimum atomic E-state index is -4.11. The van der Waals surface area contributed by atoms with E-state index in [1.54, 1.807) is 0 Å². The number of nitrogens with one attached hydrogen (secondary N) is 1. The van der Waals surface area contributed by atoms with E-state index < -0.39 is 32.1 Å². The number of hydrogen-bond acceptors (Lipinski definition) is 5. The summed E-state index contributed by atoms with van der Waals surface area (Å²) in [6.45, 7) is 5.05. The zero-order valence-corrected chi connectivity index (χ0v) is 12.9. The van der Waals surface area contributed by atoms with Gasteiger partial charge in [0.05, 0.1) is 21.0 Å². The van der Waals surface area contributed by atoms with E-state index in [-0.39, 0.29) is 22.6 Å². The van der Waals surface area contributed by atoms with Gasteiger partial charge in [-0.25, -0.2) is 13.1 Å². The fourth-order valence-electron chi connectivity index (χ4n) is 1.89. The second-order valence-electron chi connectivity index (χ2n) is 5.37. The van der Waals surface area contributed by atoms with Gasteiger partial charge in [0.2, 0.25) is 15.8 Å². The molecular weight excluding hydrogens is 303 g/mol. The van der Waals surface area contributed by atoms with Crippen LogP contribution in [-0.4, -0.2) is 30.6 Å². The first-order valence-corrected chi connectivity index (χ1v) is 7.51. The number of nitrogens with zero attached hydrogens (tertiary/aromatic N) is 1. The third-order valence-electron chi connectivity index (χ3n) is 2.77. The average Bonchev–Trinajstić information content (AvgIpc) is 2.23. The summed E-state index contributed by atoms with van der Waals surface area (Å²) in [5.41, 5.74) is -2.38. The second-order valence-corrected chi connectivity index (χ2v) is 7.08. The molecule has 0 unspecified atom stereocenters. The van der Waals surface area contributed by atoms with Gasteiger partial charge in [-0.1, -0.05) is 0 Å². The van der Waals surface area contributed by atoms with E-state index in [1.807, 2.05) is 0 Å². The zero-order chi connectivity index (χ0) is 16.6. The average molecular weight is 320 g/mol. The van der Waals surface area contributed by atoms with Crippen molar-refractivity contribution in [2.45, 2.75) is 38.2 Å². The van der Waals surface area contributed by atoms with Crippen molar-refractivity contribution in [2.24, 2.45) is 0 Å². The lowest BCUT2D eigenvalue weighted by atomic mass is 10.1. The Kier molecular flexibility index (Phi) is 4.71. The first kappa shape index (κ1) is 17.5. The highest BCUT2D eigenvalue weighted by Crippen LogP contribution is 2.31. The van der Waals surface area contributed by atoms with E-state index in [4.69, 9.17) is 0 Å². The first-order chi connectivity index (χ1) is 9.37. The lowest BCUT2D eigenvalue weighted by Gasteiger charge is -2.19. The standard InChI is InChI=1S/C12H17FN2O5S/c1-7-5-9(13)10(15(17)18)8(2)11(7)21(19,20)14-6-12(3,4)16/h5,14,16H,6H2,1-4H3. The van der Waals surface area contributed by atoms with Crippen LogP contribution in [0.4, 0.5) is 10.1 Å². The van der Waals surface area contributed by atoms with Crippen LogP contribution in [0.3, 0.4) is 0 Å². The van der Waals surface area contributed by atoms with Gasteiger partial charge in [0.25, 0.3) is 0 Å². The summed E-state index contributed by atoms with van der Waals surface area (Å²) in [5, 5.41) is 20.4. The summed E-state index contributed by atoms with van der Waals surface area (Å²) in [4.78, 5) is 9.55. The van der Waals surface area contributed by atoms with Crippen LogP contribution in [0.1, 0.15) is 25.0 Å². The highest BCUT2D eigenvalue weighted by Gasteiger charge is 2.30. The number of benzene rings is 1. The molecule has 0 saturated heterocycles. The van der Waals surface area contributed by atoms with Crippen LogP contribution in [0.25, 0.3) is 0 Å². The van der Waals surface area contributed by atoms with Gasteiger partial charge in [-0.15, -0.1) is 0 Å². The molecule has 0 bridgehead atoms. The van der Waals surface area contributed by atoms with Crippen LogP contribution in [0.2, 0.25) is 0 Å². The van der Waals surface area contributed by atoms with Crippen molar-refractivity contribution in [1.29, 1.82) is 0 Å². The number of aryl methyl sites for hydroxylation is 1. The Bertz CT molecular complexity index is 680. The van der Waals surface area contributed by atoms with E-state index in [2.05, 4.69) is 4.72 Å². The van der Waals surface area contributed by atoms with Crippen LogP contribution < -0.4 is 4.72 Å². The van der Waals surface area contributed by atoms with Crippen molar-refractivity contribution in [3.8, 4) is 0 Å². The molecule has 1 aromatic carbocycles. The Hall–Kier alpha value is -1.58. The molecule has 1 aromatic rings. The number of nitro groups is 1. The Morgan fingerprint density at radius 2 is 1.95 bits per heavy atom. The molecule has 118 valence electrons. The second kappa shape index (κ2) is 5.66. The zero-order valence-electron chi connectivity index (χ0n) is 12.1. The molecule has 0 saturated carbocycles. The number of sulfonamides is 1. The maximum Gasteiger partial charge on any atom is 0.309 e. The van der Waals surface area contributed by atoms with Gasteiger partial charge in [-0.2, -0.15) is 4.39 Å². The Labute approximate surface area is 122 Å². The molecule has 0 amide bonds. The summed E-state index contributed by atoms with van der Waals surface area (Å²) >= 11 is 0.